The number of oxazole rings is 1. The minimum Gasteiger partial charge on any atom is -0.460 e. The summed E-state index contributed by atoms with van der Waals surface area (Å²) in [5.74, 6) is 0.0840. The fourth-order valence-corrected chi connectivity index (χ4v) is 1.62. The molecule has 0 aliphatic heterocycles. The Bertz CT molecular complexity index is 557. The Morgan fingerprint density at radius 2 is 2.28 bits per heavy atom. The molecule has 0 fully saturated rings. The minimum absolute atomic E-state index is 0.176. The fraction of sp³-hybridized carbons (Fsp3) is 0.417. The van der Waals surface area contributed by atoms with Gasteiger partial charge in [-0.1, -0.05) is 6.92 Å². The van der Waals surface area contributed by atoms with Crippen LogP contribution in [0.25, 0.3) is 11.6 Å². The van der Waals surface area contributed by atoms with E-state index < -0.39 is 5.97 Å². The van der Waals surface area contributed by atoms with Crippen molar-refractivity contribution in [3.8, 4) is 11.6 Å². The van der Waals surface area contributed by atoms with E-state index in [0.29, 0.717) is 24.6 Å². The molecule has 0 radical (unpaired) electrons. The van der Waals surface area contributed by atoms with Crippen molar-refractivity contribution in [3.05, 3.63) is 24.0 Å². The summed E-state index contributed by atoms with van der Waals surface area (Å²) in [5, 5.41) is 0. The van der Waals surface area contributed by atoms with Gasteiger partial charge < -0.3 is 13.7 Å². The lowest BCUT2D eigenvalue weighted by Gasteiger charge is -1.98. The summed E-state index contributed by atoms with van der Waals surface area (Å²) in [6.07, 6.45) is 3.89. The first-order valence-electron chi connectivity index (χ1n) is 5.80. The highest BCUT2D eigenvalue weighted by Gasteiger charge is 2.21. The average Bonchev–Trinajstić information content (AvgIpc) is 2.94. The summed E-state index contributed by atoms with van der Waals surface area (Å²) in [6, 6.07) is 0. The average molecular weight is 249 g/mol. The zero-order valence-corrected chi connectivity index (χ0v) is 10.6. The van der Waals surface area contributed by atoms with Crippen molar-refractivity contribution in [2.45, 2.75) is 20.3 Å². The van der Waals surface area contributed by atoms with Crippen LogP contribution < -0.4 is 0 Å². The second kappa shape index (κ2) is 5.03. The van der Waals surface area contributed by atoms with Gasteiger partial charge in [0.15, 0.2) is 0 Å². The molecule has 2 aromatic heterocycles. The summed E-state index contributed by atoms with van der Waals surface area (Å²) < 4.78 is 12.2. The highest BCUT2D eigenvalue weighted by molar-refractivity contribution is 5.88. The van der Waals surface area contributed by atoms with Gasteiger partial charge in [0.1, 0.15) is 5.69 Å². The van der Waals surface area contributed by atoms with Crippen LogP contribution in [0.2, 0.25) is 0 Å². The first-order chi connectivity index (χ1) is 8.67. The van der Waals surface area contributed by atoms with Crippen molar-refractivity contribution in [1.29, 1.82) is 0 Å². The van der Waals surface area contributed by atoms with Gasteiger partial charge in [0.2, 0.25) is 11.7 Å². The Balaban J connectivity index is 2.41. The molecule has 96 valence electrons. The number of carbonyl (C=O) groups is 1. The van der Waals surface area contributed by atoms with E-state index in [-0.39, 0.29) is 5.76 Å². The molecule has 0 aliphatic rings. The summed E-state index contributed by atoms with van der Waals surface area (Å²) in [6.45, 7) is 3.97. The maximum atomic E-state index is 11.7. The molecule has 0 spiro atoms. The zero-order valence-electron chi connectivity index (χ0n) is 10.6. The van der Waals surface area contributed by atoms with Crippen molar-refractivity contribution in [2.75, 3.05) is 6.61 Å². The van der Waals surface area contributed by atoms with Gasteiger partial charge in [0.25, 0.3) is 0 Å². The molecular formula is C12H15N3O3. The maximum Gasteiger partial charge on any atom is 0.376 e. The molecule has 0 atom stereocenters. The summed E-state index contributed by atoms with van der Waals surface area (Å²) in [5.41, 5.74) is 1.32. The number of imidazole rings is 1. The van der Waals surface area contributed by atoms with Gasteiger partial charge in [-0.25, -0.2) is 14.8 Å². The van der Waals surface area contributed by atoms with Crippen molar-refractivity contribution < 1.29 is 13.9 Å². The van der Waals surface area contributed by atoms with Crippen molar-refractivity contribution >= 4 is 5.97 Å². The van der Waals surface area contributed by atoms with Crippen LogP contribution >= 0.6 is 0 Å². The smallest absolute Gasteiger partial charge is 0.376 e. The van der Waals surface area contributed by atoms with Crippen LogP contribution in [0, 0.1) is 0 Å². The molecule has 0 aliphatic carbocycles. The molecule has 0 aromatic carbocycles. The van der Waals surface area contributed by atoms with Gasteiger partial charge in [-0.2, -0.15) is 0 Å². The molecule has 0 saturated heterocycles. The highest BCUT2D eigenvalue weighted by Crippen LogP contribution is 2.22. The molecular weight excluding hydrogens is 234 g/mol. The molecule has 6 heteroatoms. The Hall–Kier alpha value is -2.11. The molecule has 18 heavy (non-hydrogen) atoms. The van der Waals surface area contributed by atoms with E-state index in [0.717, 1.165) is 5.69 Å². The number of rotatable bonds is 4. The Morgan fingerprint density at radius 3 is 2.83 bits per heavy atom. The second-order valence-corrected chi connectivity index (χ2v) is 3.76. The SMILES string of the molecule is CCOC(=O)c1oc(-c2cncn2C)nc1CC. The van der Waals surface area contributed by atoms with Gasteiger partial charge in [0, 0.05) is 7.05 Å². The number of esters is 1. The number of carbonyl (C=O) groups excluding carboxylic acids is 1. The summed E-state index contributed by atoms with van der Waals surface area (Å²) in [4.78, 5) is 20.0. The largest absolute Gasteiger partial charge is 0.460 e. The predicted octanol–water partition coefficient (Wildman–Crippen LogP) is 1.81. The van der Waals surface area contributed by atoms with Crippen molar-refractivity contribution in [3.63, 3.8) is 0 Å². The lowest BCUT2D eigenvalue weighted by atomic mass is 10.3. The molecule has 6 nitrogen and oxygen atoms in total. The molecule has 0 bridgehead atoms. The molecule has 0 N–H and O–H groups in total. The third kappa shape index (κ3) is 2.13. The molecule has 0 saturated carbocycles. The zero-order chi connectivity index (χ0) is 13.1. The number of aromatic nitrogens is 3. The van der Waals surface area contributed by atoms with Crippen LogP contribution in [0.5, 0.6) is 0 Å². The van der Waals surface area contributed by atoms with E-state index in [9.17, 15) is 4.79 Å². The van der Waals surface area contributed by atoms with E-state index in [4.69, 9.17) is 9.15 Å². The minimum atomic E-state index is -0.477. The lowest BCUT2D eigenvalue weighted by Crippen LogP contribution is -2.05. The number of hydrogen-bond acceptors (Lipinski definition) is 5. The molecule has 0 unspecified atom stereocenters. The lowest BCUT2D eigenvalue weighted by molar-refractivity contribution is 0.0489. The molecule has 0 amide bonds. The summed E-state index contributed by atoms with van der Waals surface area (Å²) in [7, 11) is 1.84. The van der Waals surface area contributed by atoms with Gasteiger partial charge in [-0.3, -0.25) is 0 Å². The van der Waals surface area contributed by atoms with E-state index in [1.165, 1.54) is 0 Å². The Kier molecular flexibility index (Phi) is 3.45. The van der Waals surface area contributed by atoms with Crippen molar-refractivity contribution in [1.82, 2.24) is 14.5 Å². The predicted molar refractivity (Wildman–Crippen MR) is 64.0 cm³/mol. The number of hydrogen-bond donors (Lipinski definition) is 0. The fourth-order valence-electron chi connectivity index (χ4n) is 1.62. The van der Waals surface area contributed by atoms with E-state index >= 15 is 0 Å². The van der Waals surface area contributed by atoms with Crippen LogP contribution in [-0.2, 0) is 18.2 Å². The molecule has 2 heterocycles. The standard InChI is InChI=1S/C12H15N3O3/c1-4-8-10(12(16)17-5-2)18-11(14-8)9-6-13-7-15(9)3/h6-7H,4-5H2,1-3H3. The molecule has 2 rings (SSSR count). The van der Waals surface area contributed by atoms with Crippen LogP contribution in [-0.4, -0.2) is 27.1 Å². The van der Waals surface area contributed by atoms with E-state index in [2.05, 4.69) is 9.97 Å². The summed E-state index contributed by atoms with van der Waals surface area (Å²) >= 11 is 0. The van der Waals surface area contributed by atoms with Gasteiger partial charge in [0.05, 0.1) is 24.8 Å². The quantitative estimate of drug-likeness (QED) is 0.773. The van der Waals surface area contributed by atoms with Crippen LogP contribution in [0.1, 0.15) is 30.1 Å². The first-order valence-corrected chi connectivity index (χ1v) is 5.80. The second-order valence-electron chi connectivity index (χ2n) is 3.76. The normalized spacial score (nSPS) is 10.6. The number of ether oxygens (including phenoxy) is 1. The third-order valence-corrected chi connectivity index (χ3v) is 2.53. The number of nitrogens with zero attached hydrogens (tertiary/aromatic N) is 3. The van der Waals surface area contributed by atoms with Crippen LogP contribution in [0.15, 0.2) is 16.9 Å². The van der Waals surface area contributed by atoms with Gasteiger partial charge in [-0.05, 0) is 13.3 Å². The van der Waals surface area contributed by atoms with Gasteiger partial charge >= 0.3 is 5.97 Å². The van der Waals surface area contributed by atoms with Gasteiger partial charge in [-0.15, -0.1) is 0 Å². The van der Waals surface area contributed by atoms with Crippen LogP contribution in [0.3, 0.4) is 0 Å². The molecule has 2 aromatic rings. The maximum absolute atomic E-state index is 11.7. The highest BCUT2D eigenvalue weighted by atomic mass is 16.5. The number of aryl methyl sites for hydroxylation is 2. The Morgan fingerprint density at radius 1 is 1.50 bits per heavy atom. The van der Waals surface area contributed by atoms with Crippen molar-refractivity contribution in [2.24, 2.45) is 7.05 Å². The first kappa shape index (κ1) is 12.3. The van der Waals surface area contributed by atoms with Crippen LogP contribution in [0.4, 0.5) is 0 Å². The van der Waals surface area contributed by atoms with E-state index in [1.54, 1.807) is 24.0 Å². The van der Waals surface area contributed by atoms with E-state index in [1.807, 2.05) is 14.0 Å². The monoisotopic (exact) mass is 249 g/mol. The Labute approximate surface area is 105 Å². The third-order valence-electron chi connectivity index (χ3n) is 2.53. The topological polar surface area (TPSA) is 70.2 Å².